The second kappa shape index (κ2) is 14.8. The summed E-state index contributed by atoms with van der Waals surface area (Å²) in [6, 6.07) is 11.1. The first-order chi connectivity index (χ1) is 16.5. The maximum Gasteiger partial charge on any atom is 0.339 e. The zero-order chi connectivity index (χ0) is 24.8. The van der Waals surface area contributed by atoms with E-state index in [4.69, 9.17) is 9.47 Å². The number of unbranched alkanes of at least 4 members (excludes halogenated alkanes) is 8. The van der Waals surface area contributed by atoms with Crippen molar-refractivity contribution in [1.82, 2.24) is 0 Å². The number of nitro benzene ring substituents is 1. The van der Waals surface area contributed by atoms with E-state index in [9.17, 15) is 19.7 Å². The SMILES string of the molecule is CCCCCCCCCCCOC(=O)c1ccccc1C(=O)OCc1cccc(C)c1[N+](=O)[O-]. The van der Waals surface area contributed by atoms with Gasteiger partial charge in [-0.25, -0.2) is 9.59 Å². The average Bonchev–Trinajstić information content (AvgIpc) is 2.83. The molecule has 184 valence electrons. The summed E-state index contributed by atoms with van der Waals surface area (Å²) in [6.45, 7) is 3.87. The van der Waals surface area contributed by atoms with E-state index < -0.39 is 16.9 Å². The summed E-state index contributed by atoms with van der Waals surface area (Å²) >= 11 is 0. The number of carbonyl (C=O) groups excluding carboxylic acids is 2. The molecule has 0 spiro atoms. The Bertz CT molecular complexity index is 956. The van der Waals surface area contributed by atoms with Crippen LogP contribution in [0.1, 0.15) is 96.6 Å². The molecule has 0 amide bonds. The van der Waals surface area contributed by atoms with Crippen molar-refractivity contribution in [2.75, 3.05) is 6.61 Å². The lowest BCUT2D eigenvalue weighted by atomic mass is 10.1. The Morgan fingerprint density at radius 3 is 1.94 bits per heavy atom. The van der Waals surface area contributed by atoms with Crippen molar-refractivity contribution < 1.29 is 24.0 Å². The second-order valence-electron chi connectivity index (χ2n) is 8.43. The minimum atomic E-state index is -0.730. The largest absolute Gasteiger partial charge is 0.462 e. The van der Waals surface area contributed by atoms with Crippen molar-refractivity contribution in [3.63, 3.8) is 0 Å². The van der Waals surface area contributed by atoms with Crippen LogP contribution in [0, 0.1) is 17.0 Å². The minimum absolute atomic E-state index is 0.0786. The quantitative estimate of drug-likeness (QED) is 0.121. The molecule has 34 heavy (non-hydrogen) atoms. The molecule has 2 aromatic carbocycles. The van der Waals surface area contributed by atoms with E-state index in [1.54, 1.807) is 37.3 Å². The van der Waals surface area contributed by atoms with Gasteiger partial charge in [-0.1, -0.05) is 82.6 Å². The number of hydrogen-bond donors (Lipinski definition) is 0. The van der Waals surface area contributed by atoms with Gasteiger partial charge in [-0.15, -0.1) is 0 Å². The monoisotopic (exact) mass is 469 g/mol. The first kappa shape index (κ1) is 27.0. The zero-order valence-corrected chi connectivity index (χ0v) is 20.2. The fourth-order valence-electron chi connectivity index (χ4n) is 3.81. The van der Waals surface area contributed by atoms with E-state index in [0.29, 0.717) is 17.7 Å². The van der Waals surface area contributed by atoms with Gasteiger partial charge in [0.1, 0.15) is 6.61 Å². The van der Waals surface area contributed by atoms with Crippen LogP contribution in [0.5, 0.6) is 0 Å². The van der Waals surface area contributed by atoms with E-state index in [2.05, 4.69) is 6.92 Å². The highest BCUT2D eigenvalue weighted by Gasteiger charge is 2.21. The van der Waals surface area contributed by atoms with Crippen molar-refractivity contribution in [2.45, 2.75) is 78.2 Å². The number of rotatable bonds is 15. The predicted octanol–water partition coefficient (Wildman–Crippen LogP) is 6.95. The number of benzene rings is 2. The van der Waals surface area contributed by atoms with Crippen molar-refractivity contribution in [2.24, 2.45) is 0 Å². The van der Waals surface area contributed by atoms with Crippen LogP contribution in [-0.4, -0.2) is 23.5 Å². The van der Waals surface area contributed by atoms with Gasteiger partial charge in [-0.2, -0.15) is 0 Å². The number of aryl methyl sites for hydroxylation is 1. The van der Waals surface area contributed by atoms with Crippen molar-refractivity contribution in [3.05, 3.63) is 74.8 Å². The molecule has 0 fully saturated rings. The van der Waals surface area contributed by atoms with E-state index >= 15 is 0 Å². The molecule has 7 nitrogen and oxygen atoms in total. The van der Waals surface area contributed by atoms with Gasteiger partial charge in [0.05, 0.1) is 28.2 Å². The van der Waals surface area contributed by atoms with E-state index in [-0.39, 0.29) is 23.4 Å². The molecular formula is C27H35NO6. The lowest BCUT2D eigenvalue weighted by Crippen LogP contribution is -2.15. The van der Waals surface area contributed by atoms with Gasteiger partial charge in [0.15, 0.2) is 0 Å². The first-order valence-corrected chi connectivity index (χ1v) is 12.1. The molecule has 0 heterocycles. The molecule has 0 aliphatic rings. The molecule has 0 saturated carbocycles. The Morgan fingerprint density at radius 2 is 1.35 bits per heavy atom. The Labute approximate surface area is 201 Å². The Hall–Kier alpha value is -3.22. The highest BCUT2D eigenvalue weighted by atomic mass is 16.6. The van der Waals surface area contributed by atoms with Crippen molar-refractivity contribution in [1.29, 1.82) is 0 Å². The fourth-order valence-corrected chi connectivity index (χ4v) is 3.81. The normalized spacial score (nSPS) is 10.6. The van der Waals surface area contributed by atoms with Crippen LogP contribution < -0.4 is 0 Å². The molecule has 2 aromatic rings. The van der Waals surface area contributed by atoms with Crippen molar-refractivity contribution in [3.8, 4) is 0 Å². The first-order valence-electron chi connectivity index (χ1n) is 12.1. The van der Waals surface area contributed by atoms with Gasteiger partial charge >= 0.3 is 11.9 Å². The van der Waals surface area contributed by atoms with Crippen molar-refractivity contribution >= 4 is 17.6 Å². The Morgan fingerprint density at radius 1 is 0.794 bits per heavy atom. The van der Waals surface area contributed by atoms with Crippen LogP contribution in [0.2, 0.25) is 0 Å². The summed E-state index contributed by atoms with van der Waals surface area (Å²) in [5, 5.41) is 11.3. The molecular weight excluding hydrogens is 434 g/mol. The third-order valence-electron chi connectivity index (χ3n) is 5.71. The van der Waals surface area contributed by atoms with Gasteiger partial charge in [-0.3, -0.25) is 10.1 Å². The molecule has 0 aliphatic heterocycles. The van der Waals surface area contributed by atoms with Crippen LogP contribution in [0.15, 0.2) is 42.5 Å². The van der Waals surface area contributed by atoms with E-state index in [0.717, 1.165) is 19.3 Å². The fraction of sp³-hybridized carbons (Fsp3) is 0.481. The molecule has 0 N–H and O–H groups in total. The number of carbonyl (C=O) groups is 2. The third-order valence-corrected chi connectivity index (χ3v) is 5.71. The molecule has 0 radical (unpaired) electrons. The van der Waals surface area contributed by atoms with Gasteiger partial charge < -0.3 is 9.47 Å². The van der Waals surface area contributed by atoms with Gasteiger partial charge in [0, 0.05) is 5.56 Å². The second-order valence-corrected chi connectivity index (χ2v) is 8.43. The average molecular weight is 470 g/mol. The summed E-state index contributed by atoms with van der Waals surface area (Å²) in [4.78, 5) is 36.1. The predicted molar refractivity (Wildman–Crippen MR) is 131 cm³/mol. The van der Waals surface area contributed by atoms with Crippen LogP contribution in [0.4, 0.5) is 5.69 Å². The van der Waals surface area contributed by atoms with Crippen LogP contribution in [0.3, 0.4) is 0 Å². The van der Waals surface area contributed by atoms with Gasteiger partial charge in [-0.05, 0) is 31.5 Å². The smallest absolute Gasteiger partial charge is 0.339 e. The molecule has 0 aromatic heterocycles. The minimum Gasteiger partial charge on any atom is -0.462 e. The maximum absolute atomic E-state index is 12.7. The summed E-state index contributed by atoms with van der Waals surface area (Å²) < 4.78 is 10.7. The van der Waals surface area contributed by atoms with Gasteiger partial charge in [0.25, 0.3) is 5.69 Å². The highest BCUT2D eigenvalue weighted by Crippen LogP contribution is 2.24. The number of esters is 2. The topological polar surface area (TPSA) is 95.7 Å². The van der Waals surface area contributed by atoms with Crippen LogP contribution >= 0.6 is 0 Å². The Kier molecular flexibility index (Phi) is 11.8. The molecule has 0 saturated heterocycles. The standard InChI is InChI=1S/C27H35NO6/c1-3-4-5-6-7-8-9-10-13-19-33-26(29)23-17-11-12-18-24(23)27(30)34-20-22-16-14-15-21(2)25(22)28(31)32/h11-12,14-18H,3-10,13,19-20H2,1-2H3. The maximum atomic E-state index is 12.7. The number of hydrogen-bond acceptors (Lipinski definition) is 6. The summed E-state index contributed by atoms with van der Waals surface area (Å²) in [5.41, 5.74) is 0.906. The molecule has 0 bridgehead atoms. The lowest BCUT2D eigenvalue weighted by Gasteiger charge is -2.10. The number of nitro groups is 1. The van der Waals surface area contributed by atoms with E-state index in [1.807, 2.05) is 0 Å². The highest BCUT2D eigenvalue weighted by molar-refractivity contribution is 6.03. The zero-order valence-electron chi connectivity index (χ0n) is 20.2. The van der Waals surface area contributed by atoms with Crippen LogP contribution in [0.25, 0.3) is 0 Å². The molecule has 7 heteroatoms. The van der Waals surface area contributed by atoms with Crippen LogP contribution in [-0.2, 0) is 16.1 Å². The third kappa shape index (κ3) is 8.61. The molecule has 2 rings (SSSR count). The number of para-hydroxylation sites is 1. The van der Waals surface area contributed by atoms with E-state index in [1.165, 1.54) is 50.7 Å². The lowest BCUT2D eigenvalue weighted by molar-refractivity contribution is -0.386. The molecule has 0 aliphatic carbocycles. The molecule has 0 atom stereocenters. The number of nitrogens with zero attached hydrogens (tertiary/aromatic N) is 1. The summed E-state index contributed by atoms with van der Waals surface area (Å²) in [7, 11) is 0. The summed E-state index contributed by atoms with van der Waals surface area (Å²) in [5.74, 6) is -1.31. The Balaban J connectivity index is 1.83. The molecule has 0 unspecified atom stereocenters. The number of ether oxygens (including phenoxy) is 2. The summed E-state index contributed by atoms with van der Waals surface area (Å²) in [6.07, 6.45) is 10.5. The van der Waals surface area contributed by atoms with Gasteiger partial charge in [0.2, 0.25) is 0 Å².